The summed E-state index contributed by atoms with van der Waals surface area (Å²) in [6.45, 7) is 7.43. The number of carboxylic acids is 1. The Hall–Kier alpha value is -1.34. The van der Waals surface area contributed by atoms with Crippen LogP contribution < -0.4 is 0 Å². The van der Waals surface area contributed by atoms with E-state index < -0.39 is 16.0 Å². The minimum Gasteiger partial charge on any atom is -0.477 e. The quantitative estimate of drug-likeness (QED) is 0.922. The third-order valence-corrected chi connectivity index (χ3v) is 6.01. The summed E-state index contributed by atoms with van der Waals surface area (Å²) in [4.78, 5) is 11.2. The maximum absolute atomic E-state index is 12.6. The van der Waals surface area contributed by atoms with Crippen molar-refractivity contribution in [2.45, 2.75) is 45.1 Å². The van der Waals surface area contributed by atoms with Crippen molar-refractivity contribution in [3.63, 3.8) is 0 Å². The summed E-state index contributed by atoms with van der Waals surface area (Å²) >= 11 is 0. The van der Waals surface area contributed by atoms with Crippen molar-refractivity contribution in [2.75, 3.05) is 13.1 Å². The molecular formula is C14H22N2O4S. The fourth-order valence-corrected chi connectivity index (χ4v) is 4.03. The van der Waals surface area contributed by atoms with Gasteiger partial charge in [0.25, 0.3) is 0 Å². The van der Waals surface area contributed by atoms with Gasteiger partial charge in [-0.2, -0.15) is 4.31 Å². The van der Waals surface area contributed by atoms with Crippen LogP contribution in [0.15, 0.2) is 17.2 Å². The first-order valence-electron chi connectivity index (χ1n) is 7.11. The highest BCUT2D eigenvalue weighted by Crippen LogP contribution is 2.32. The maximum Gasteiger partial charge on any atom is 0.352 e. The summed E-state index contributed by atoms with van der Waals surface area (Å²) in [6, 6.07) is 1.25. The molecular weight excluding hydrogens is 292 g/mol. The molecule has 0 unspecified atom stereocenters. The number of hydrogen-bond acceptors (Lipinski definition) is 3. The smallest absolute Gasteiger partial charge is 0.352 e. The van der Waals surface area contributed by atoms with E-state index in [0.29, 0.717) is 19.6 Å². The van der Waals surface area contributed by atoms with Crippen LogP contribution in [-0.2, 0) is 16.6 Å². The van der Waals surface area contributed by atoms with E-state index in [1.54, 1.807) is 6.92 Å². The van der Waals surface area contributed by atoms with Crippen LogP contribution in [0.5, 0.6) is 0 Å². The lowest BCUT2D eigenvalue weighted by atomic mass is 9.83. The monoisotopic (exact) mass is 314 g/mol. The van der Waals surface area contributed by atoms with Crippen LogP contribution in [0.3, 0.4) is 0 Å². The van der Waals surface area contributed by atoms with Gasteiger partial charge >= 0.3 is 5.97 Å². The molecule has 1 aromatic heterocycles. The number of aromatic nitrogens is 1. The van der Waals surface area contributed by atoms with Crippen LogP contribution in [0.25, 0.3) is 0 Å². The number of aryl methyl sites for hydroxylation is 1. The van der Waals surface area contributed by atoms with E-state index in [4.69, 9.17) is 5.11 Å². The molecule has 21 heavy (non-hydrogen) atoms. The minimum absolute atomic E-state index is 0.00779. The third kappa shape index (κ3) is 3.13. The fourth-order valence-electron chi connectivity index (χ4n) is 2.55. The van der Waals surface area contributed by atoms with Crippen molar-refractivity contribution in [3.8, 4) is 0 Å². The average molecular weight is 314 g/mol. The van der Waals surface area contributed by atoms with Crippen molar-refractivity contribution in [2.24, 2.45) is 5.41 Å². The zero-order valence-electron chi connectivity index (χ0n) is 12.7. The number of aromatic carboxylic acids is 1. The van der Waals surface area contributed by atoms with E-state index in [2.05, 4.69) is 13.8 Å². The van der Waals surface area contributed by atoms with Crippen LogP contribution in [0, 0.1) is 5.41 Å². The Morgan fingerprint density at radius 2 is 1.90 bits per heavy atom. The molecule has 1 fully saturated rings. The summed E-state index contributed by atoms with van der Waals surface area (Å²) in [7, 11) is -3.61. The summed E-state index contributed by atoms with van der Waals surface area (Å²) in [5.74, 6) is -1.11. The van der Waals surface area contributed by atoms with Gasteiger partial charge in [-0.15, -0.1) is 0 Å². The Balaban J connectivity index is 2.30. The lowest BCUT2D eigenvalue weighted by Gasteiger charge is -2.35. The highest BCUT2D eigenvalue weighted by atomic mass is 32.2. The normalized spacial score (nSPS) is 19.6. The lowest BCUT2D eigenvalue weighted by molar-refractivity contribution is 0.0685. The van der Waals surface area contributed by atoms with Crippen molar-refractivity contribution < 1.29 is 18.3 Å². The van der Waals surface area contributed by atoms with Crippen LogP contribution in [-0.4, -0.2) is 41.5 Å². The molecule has 0 radical (unpaired) electrons. The highest BCUT2D eigenvalue weighted by molar-refractivity contribution is 7.89. The molecule has 1 N–H and O–H groups in total. The molecule has 0 aromatic carbocycles. The molecule has 6 nitrogen and oxygen atoms in total. The Kier molecular flexibility index (Phi) is 4.17. The number of piperidine rings is 1. The molecule has 1 aromatic rings. The second-order valence-electron chi connectivity index (χ2n) is 6.22. The predicted molar refractivity (Wildman–Crippen MR) is 78.8 cm³/mol. The summed E-state index contributed by atoms with van der Waals surface area (Å²) in [6.07, 6.45) is 3.04. The number of hydrogen-bond donors (Lipinski definition) is 1. The van der Waals surface area contributed by atoms with Crippen molar-refractivity contribution in [1.82, 2.24) is 8.87 Å². The van der Waals surface area contributed by atoms with Crippen LogP contribution in [0.1, 0.15) is 44.1 Å². The molecule has 0 aliphatic carbocycles. The highest BCUT2D eigenvalue weighted by Gasteiger charge is 2.33. The van der Waals surface area contributed by atoms with E-state index in [-0.39, 0.29) is 16.0 Å². The molecule has 118 valence electrons. The Morgan fingerprint density at radius 1 is 1.33 bits per heavy atom. The van der Waals surface area contributed by atoms with Crippen LogP contribution in [0.2, 0.25) is 0 Å². The van der Waals surface area contributed by atoms with E-state index in [0.717, 1.165) is 12.8 Å². The molecule has 2 heterocycles. The third-order valence-electron chi connectivity index (χ3n) is 4.15. The van der Waals surface area contributed by atoms with Gasteiger partial charge in [-0.25, -0.2) is 13.2 Å². The Bertz CT molecular complexity index is 636. The van der Waals surface area contributed by atoms with E-state index in [1.165, 1.54) is 21.1 Å². The van der Waals surface area contributed by atoms with Gasteiger partial charge in [-0.1, -0.05) is 13.8 Å². The first-order chi connectivity index (χ1) is 9.67. The van der Waals surface area contributed by atoms with E-state index in [1.807, 2.05) is 0 Å². The second-order valence-corrected chi connectivity index (χ2v) is 8.16. The van der Waals surface area contributed by atoms with Gasteiger partial charge in [0.05, 0.1) is 0 Å². The van der Waals surface area contributed by atoms with Gasteiger partial charge in [-0.05, 0) is 31.2 Å². The SMILES string of the molecule is CCn1cc(S(=O)(=O)N2CCC(C)(C)CC2)cc1C(=O)O. The van der Waals surface area contributed by atoms with E-state index >= 15 is 0 Å². The van der Waals surface area contributed by atoms with Gasteiger partial charge in [0.1, 0.15) is 10.6 Å². The minimum atomic E-state index is -3.61. The molecule has 0 bridgehead atoms. The van der Waals surface area contributed by atoms with Crippen LogP contribution in [0.4, 0.5) is 0 Å². The van der Waals surface area contributed by atoms with Gasteiger partial charge in [0.15, 0.2) is 0 Å². The van der Waals surface area contributed by atoms with Gasteiger partial charge in [0.2, 0.25) is 10.0 Å². The summed E-state index contributed by atoms with van der Waals surface area (Å²) < 4.78 is 28.1. The standard InChI is InChI=1S/C14H22N2O4S/c1-4-15-10-11(9-12(15)13(17)18)21(19,20)16-7-5-14(2,3)6-8-16/h9-10H,4-8H2,1-3H3,(H,17,18). The molecule has 0 saturated carbocycles. The predicted octanol–water partition coefficient (Wildman–Crippen LogP) is 2.02. The zero-order chi connectivity index (χ0) is 15.8. The molecule has 0 atom stereocenters. The van der Waals surface area contributed by atoms with Gasteiger partial charge in [0, 0.05) is 25.8 Å². The topological polar surface area (TPSA) is 79.6 Å². The molecule has 1 aliphatic rings. The number of carboxylic acid groups (broad SMARTS) is 1. The fraction of sp³-hybridized carbons (Fsp3) is 0.643. The molecule has 1 saturated heterocycles. The van der Waals surface area contributed by atoms with Gasteiger partial charge in [-0.3, -0.25) is 0 Å². The average Bonchev–Trinajstić information content (AvgIpc) is 2.83. The maximum atomic E-state index is 12.6. The number of sulfonamides is 1. The lowest BCUT2D eigenvalue weighted by Crippen LogP contribution is -2.40. The van der Waals surface area contributed by atoms with E-state index in [9.17, 15) is 13.2 Å². The van der Waals surface area contributed by atoms with Crippen molar-refractivity contribution in [1.29, 1.82) is 0 Å². The van der Waals surface area contributed by atoms with Crippen molar-refractivity contribution >= 4 is 16.0 Å². The molecule has 0 spiro atoms. The Labute approximate surface area is 125 Å². The molecule has 7 heteroatoms. The van der Waals surface area contributed by atoms with Gasteiger partial charge < -0.3 is 9.67 Å². The Morgan fingerprint density at radius 3 is 2.33 bits per heavy atom. The first-order valence-corrected chi connectivity index (χ1v) is 8.55. The summed E-state index contributed by atoms with van der Waals surface area (Å²) in [5, 5.41) is 9.13. The molecule has 1 aliphatic heterocycles. The van der Waals surface area contributed by atoms with Crippen molar-refractivity contribution in [3.05, 3.63) is 18.0 Å². The number of rotatable bonds is 4. The molecule has 0 amide bonds. The summed E-state index contributed by atoms with van der Waals surface area (Å²) in [5.41, 5.74) is 0.168. The number of nitrogens with zero attached hydrogens (tertiary/aromatic N) is 2. The largest absolute Gasteiger partial charge is 0.477 e. The second kappa shape index (κ2) is 5.46. The zero-order valence-corrected chi connectivity index (χ0v) is 13.5. The molecule has 2 rings (SSSR count). The number of carbonyl (C=O) groups is 1. The first kappa shape index (κ1) is 16.0. The van der Waals surface area contributed by atoms with Crippen LogP contribution >= 0.6 is 0 Å².